The first-order valence-electron chi connectivity index (χ1n) is 7.44. The maximum absolute atomic E-state index is 11.0. The minimum atomic E-state index is -0.428. The predicted octanol–water partition coefficient (Wildman–Crippen LogP) is 1.93. The Kier molecular flexibility index (Phi) is 3.26. The highest BCUT2D eigenvalue weighted by atomic mass is 16.5. The number of aromatic amines is 1. The van der Waals surface area contributed by atoms with E-state index in [-0.39, 0.29) is 11.8 Å². The first kappa shape index (κ1) is 14.4. The maximum atomic E-state index is 11.0. The number of H-pyrrole nitrogens is 1. The topological polar surface area (TPSA) is 129 Å². The minimum absolute atomic E-state index is 0.216. The molecule has 3 heterocycles. The lowest BCUT2D eigenvalue weighted by Crippen LogP contribution is -2.02. The summed E-state index contributed by atoms with van der Waals surface area (Å²) in [5, 5.41) is 7.38. The number of hydrogen-bond donors (Lipinski definition) is 2. The van der Waals surface area contributed by atoms with E-state index < -0.39 is 5.97 Å². The molecule has 0 spiro atoms. The fourth-order valence-corrected chi connectivity index (χ4v) is 2.32. The van der Waals surface area contributed by atoms with E-state index >= 15 is 0 Å². The van der Waals surface area contributed by atoms with Gasteiger partial charge in [0.1, 0.15) is 22.8 Å². The summed E-state index contributed by atoms with van der Waals surface area (Å²) in [5.74, 6) is 1.75. The Morgan fingerprint density at radius 1 is 1.38 bits per heavy atom. The number of hydrogen-bond acceptors (Lipinski definition) is 8. The van der Waals surface area contributed by atoms with E-state index in [1.54, 1.807) is 6.07 Å². The van der Waals surface area contributed by atoms with Crippen molar-refractivity contribution < 1.29 is 14.3 Å². The van der Waals surface area contributed by atoms with Crippen LogP contribution in [0.15, 0.2) is 18.3 Å². The van der Waals surface area contributed by atoms with Gasteiger partial charge in [-0.1, -0.05) is 0 Å². The molecule has 0 bridgehead atoms. The number of carbonyl (C=O) groups excluding carboxylic acids is 1. The summed E-state index contributed by atoms with van der Waals surface area (Å²) in [6.07, 6.45) is 3.62. The van der Waals surface area contributed by atoms with E-state index in [9.17, 15) is 4.79 Å². The van der Waals surface area contributed by atoms with E-state index in [4.69, 9.17) is 15.2 Å². The van der Waals surface area contributed by atoms with Crippen molar-refractivity contribution in [2.75, 3.05) is 5.73 Å². The first-order valence-corrected chi connectivity index (χ1v) is 7.44. The van der Waals surface area contributed by atoms with E-state index in [0.29, 0.717) is 28.5 Å². The second-order valence-corrected chi connectivity index (χ2v) is 5.52. The molecule has 3 aromatic rings. The smallest absolute Gasteiger partial charge is 0.308 e. The molecule has 24 heavy (non-hydrogen) atoms. The molecule has 1 fully saturated rings. The van der Waals surface area contributed by atoms with Crippen LogP contribution in [0.5, 0.6) is 17.5 Å². The number of fused-ring (bicyclic) bond motifs is 1. The highest BCUT2D eigenvalue weighted by Crippen LogP contribution is 2.40. The third kappa shape index (κ3) is 2.71. The molecule has 0 amide bonds. The van der Waals surface area contributed by atoms with Gasteiger partial charge in [0, 0.05) is 25.1 Å². The predicted molar refractivity (Wildman–Crippen MR) is 83.7 cm³/mol. The molecule has 0 unspecified atom stereocenters. The second-order valence-electron chi connectivity index (χ2n) is 5.52. The van der Waals surface area contributed by atoms with Gasteiger partial charge in [-0.05, 0) is 18.9 Å². The summed E-state index contributed by atoms with van der Waals surface area (Å²) < 4.78 is 10.6. The zero-order chi connectivity index (χ0) is 16.7. The fourth-order valence-electron chi connectivity index (χ4n) is 2.32. The summed E-state index contributed by atoms with van der Waals surface area (Å²) in [6, 6.07) is 3.04. The van der Waals surface area contributed by atoms with E-state index in [1.807, 2.05) is 0 Å². The lowest BCUT2D eigenvalue weighted by atomic mass is 10.3. The van der Waals surface area contributed by atoms with Crippen LogP contribution in [0.3, 0.4) is 0 Å². The molecule has 1 saturated carbocycles. The van der Waals surface area contributed by atoms with Gasteiger partial charge in [0.25, 0.3) is 5.88 Å². The van der Waals surface area contributed by atoms with Gasteiger partial charge in [0.05, 0.1) is 0 Å². The van der Waals surface area contributed by atoms with E-state index in [0.717, 1.165) is 18.7 Å². The molecule has 0 aliphatic heterocycles. The Morgan fingerprint density at radius 3 is 2.96 bits per heavy atom. The quantitative estimate of drug-likeness (QED) is 0.696. The van der Waals surface area contributed by atoms with Crippen LogP contribution in [0.25, 0.3) is 11.0 Å². The second kappa shape index (κ2) is 5.44. The number of esters is 1. The van der Waals surface area contributed by atoms with Gasteiger partial charge in [0.2, 0.25) is 5.88 Å². The first-order chi connectivity index (χ1) is 11.6. The molecule has 1 aliphatic carbocycles. The average Bonchev–Trinajstić information content (AvgIpc) is 3.30. The zero-order valence-corrected chi connectivity index (χ0v) is 12.8. The van der Waals surface area contributed by atoms with Crippen molar-refractivity contribution in [2.24, 2.45) is 0 Å². The van der Waals surface area contributed by atoms with Crippen molar-refractivity contribution in [3.8, 4) is 17.5 Å². The number of rotatable bonds is 4. The Bertz CT molecular complexity index is 934. The lowest BCUT2D eigenvalue weighted by molar-refractivity contribution is -0.131. The van der Waals surface area contributed by atoms with Gasteiger partial charge in [-0.15, -0.1) is 5.10 Å². The molecule has 3 aromatic heterocycles. The zero-order valence-electron chi connectivity index (χ0n) is 12.8. The summed E-state index contributed by atoms with van der Waals surface area (Å²) in [6.45, 7) is 1.32. The number of anilines is 1. The van der Waals surface area contributed by atoms with Crippen molar-refractivity contribution in [2.45, 2.75) is 25.7 Å². The molecular formula is C15H14N6O3. The van der Waals surface area contributed by atoms with Crippen LogP contribution in [0, 0.1) is 0 Å². The summed E-state index contributed by atoms with van der Waals surface area (Å²) in [5.41, 5.74) is 6.56. The Hall–Kier alpha value is -3.23. The number of carbonyl (C=O) groups is 1. The molecule has 4 rings (SSSR count). The number of ether oxygens (including phenoxy) is 2. The maximum Gasteiger partial charge on any atom is 0.308 e. The number of aromatic nitrogens is 5. The number of nitrogens with zero attached hydrogens (tertiary/aromatic N) is 4. The fraction of sp³-hybridized carbons (Fsp3) is 0.267. The highest BCUT2D eigenvalue weighted by Gasteiger charge is 2.28. The number of nitrogens with two attached hydrogens (primary N) is 1. The Labute approximate surface area is 136 Å². The molecule has 0 aromatic carbocycles. The molecule has 3 N–H and O–H groups in total. The lowest BCUT2D eigenvalue weighted by Gasteiger charge is -2.05. The van der Waals surface area contributed by atoms with E-state index in [1.165, 1.54) is 19.2 Å². The van der Waals surface area contributed by atoms with Gasteiger partial charge in [-0.2, -0.15) is 0 Å². The molecule has 122 valence electrons. The van der Waals surface area contributed by atoms with Gasteiger partial charge in [0.15, 0.2) is 5.65 Å². The molecule has 0 atom stereocenters. The van der Waals surface area contributed by atoms with Gasteiger partial charge in [-0.3, -0.25) is 9.89 Å². The van der Waals surface area contributed by atoms with Crippen molar-refractivity contribution in [3.63, 3.8) is 0 Å². The van der Waals surface area contributed by atoms with Crippen LogP contribution in [-0.4, -0.2) is 31.1 Å². The van der Waals surface area contributed by atoms with Crippen molar-refractivity contribution >= 4 is 22.8 Å². The van der Waals surface area contributed by atoms with Gasteiger partial charge >= 0.3 is 5.97 Å². The van der Waals surface area contributed by atoms with Crippen molar-refractivity contribution in [1.29, 1.82) is 0 Å². The number of pyridine rings is 1. The largest absolute Gasteiger partial charge is 0.426 e. The van der Waals surface area contributed by atoms with Crippen LogP contribution in [0.2, 0.25) is 0 Å². The van der Waals surface area contributed by atoms with E-state index in [2.05, 4.69) is 25.1 Å². The van der Waals surface area contributed by atoms with Gasteiger partial charge in [-0.25, -0.2) is 15.0 Å². The van der Waals surface area contributed by atoms with Crippen LogP contribution in [-0.2, 0) is 4.79 Å². The number of nitrogen functional groups attached to an aromatic ring is 1. The molecule has 1 aliphatic rings. The van der Waals surface area contributed by atoms with Crippen LogP contribution < -0.4 is 15.2 Å². The normalized spacial score (nSPS) is 13.9. The molecule has 0 radical (unpaired) electrons. The summed E-state index contributed by atoms with van der Waals surface area (Å²) in [7, 11) is 0. The third-order valence-electron chi connectivity index (χ3n) is 3.54. The standard InChI is InChI=1S/C15H14N6O3/c1-7(22)23-9-4-5-17-10(6-9)24-15-11-12(16)18-13(8-2-3-8)19-14(11)20-21-15/h4-6,8H,2-3H2,1H3,(H3,16,18,19,20,21). The van der Waals surface area contributed by atoms with Crippen LogP contribution >= 0.6 is 0 Å². The molecule has 0 saturated heterocycles. The molecule has 9 heteroatoms. The summed E-state index contributed by atoms with van der Waals surface area (Å²) in [4.78, 5) is 23.9. The Balaban J connectivity index is 1.66. The molecule has 9 nitrogen and oxygen atoms in total. The minimum Gasteiger partial charge on any atom is -0.426 e. The highest BCUT2D eigenvalue weighted by molar-refractivity contribution is 5.90. The van der Waals surface area contributed by atoms with Crippen LogP contribution in [0.1, 0.15) is 31.5 Å². The monoisotopic (exact) mass is 326 g/mol. The van der Waals surface area contributed by atoms with Crippen molar-refractivity contribution in [1.82, 2.24) is 25.1 Å². The Morgan fingerprint density at radius 2 is 2.21 bits per heavy atom. The molecular weight excluding hydrogens is 312 g/mol. The van der Waals surface area contributed by atoms with Gasteiger partial charge < -0.3 is 15.2 Å². The SMILES string of the molecule is CC(=O)Oc1ccnc(Oc2n[nH]c3nc(C4CC4)nc(N)c23)c1. The van der Waals surface area contributed by atoms with Crippen LogP contribution in [0.4, 0.5) is 5.82 Å². The van der Waals surface area contributed by atoms with Crippen molar-refractivity contribution in [3.05, 3.63) is 24.2 Å². The average molecular weight is 326 g/mol. The number of nitrogens with one attached hydrogen (secondary N) is 1. The third-order valence-corrected chi connectivity index (χ3v) is 3.54. The summed E-state index contributed by atoms with van der Waals surface area (Å²) >= 11 is 0.